The van der Waals surface area contributed by atoms with Gasteiger partial charge in [0.1, 0.15) is 0 Å². The van der Waals surface area contributed by atoms with Crippen molar-refractivity contribution in [3.8, 4) is 11.4 Å². The maximum atomic E-state index is 11.9. The van der Waals surface area contributed by atoms with E-state index >= 15 is 0 Å². The zero-order chi connectivity index (χ0) is 18.2. The maximum absolute atomic E-state index is 11.9. The van der Waals surface area contributed by atoms with Crippen molar-refractivity contribution >= 4 is 44.9 Å². The number of thioether (sulfide) groups is 1. The van der Waals surface area contributed by atoms with Gasteiger partial charge in [-0.1, -0.05) is 35.5 Å². The Morgan fingerprint density at radius 1 is 1.23 bits per heavy atom. The lowest BCUT2D eigenvalue weighted by Crippen LogP contribution is -2.25. The maximum Gasteiger partial charge on any atom is 0.227 e. The molecular weight excluding hydrogens is 434 g/mol. The molecule has 0 fully saturated rings. The van der Waals surface area contributed by atoms with Gasteiger partial charge < -0.3 is 9.84 Å². The third-order valence-electron chi connectivity index (χ3n) is 3.51. The van der Waals surface area contributed by atoms with Crippen molar-refractivity contribution in [1.29, 1.82) is 0 Å². The topological polar surface area (TPSA) is 68.0 Å². The van der Waals surface area contributed by atoms with Gasteiger partial charge in [-0.3, -0.25) is 4.79 Å². The third kappa shape index (κ3) is 5.96. The molecule has 0 atom stereocenters. The van der Waals surface area contributed by atoms with Crippen LogP contribution < -0.4 is 5.32 Å². The van der Waals surface area contributed by atoms with Crippen LogP contribution in [-0.2, 0) is 17.0 Å². The summed E-state index contributed by atoms with van der Waals surface area (Å²) in [5.74, 6) is 2.90. The summed E-state index contributed by atoms with van der Waals surface area (Å²) in [7, 11) is 0. The molecule has 5 nitrogen and oxygen atoms in total. The Bertz CT molecular complexity index is 836. The Morgan fingerprint density at radius 3 is 2.85 bits per heavy atom. The molecule has 0 saturated carbocycles. The van der Waals surface area contributed by atoms with Crippen molar-refractivity contribution in [2.45, 2.75) is 18.6 Å². The van der Waals surface area contributed by atoms with E-state index in [1.54, 1.807) is 11.3 Å². The first-order chi connectivity index (χ1) is 12.7. The number of nitrogens with one attached hydrogen (secondary N) is 1. The molecule has 0 bridgehead atoms. The minimum absolute atomic E-state index is 0.00364. The molecular formula is C18H18BrN3O2S2. The fraction of sp³-hybridized carbons (Fsp3) is 0.278. The molecule has 0 saturated heterocycles. The summed E-state index contributed by atoms with van der Waals surface area (Å²) in [4.78, 5) is 17.6. The number of carbonyl (C=O) groups excluding carboxylic acids is 1. The Kier molecular flexibility index (Phi) is 7.28. The number of carbonyl (C=O) groups is 1. The number of nitrogens with zero attached hydrogens (tertiary/aromatic N) is 2. The summed E-state index contributed by atoms with van der Waals surface area (Å²) in [6.45, 7) is 0.662. The summed E-state index contributed by atoms with van der Waals surface area (Å²) in [6.07, 6.45) is 0.793. The number of amides is 1. The van der Waals surface area contributed by atoms with E-state index in [0.29, 0.717) is 31.1 Å². The molecule has 3 aromatic rings. The lowest BCUT2D eigenvalue weighted by Gasteiger charge is -2.03. The minimum Gasteiger partial charge on any atom is -0.355 e. The zero-order valence-electron chi connectivity index (χ0n) is 14.0. The highest BCUT2D eigenvalue weighted by molar-refractivity contribution is 9.11. The van der Waals surface area contributed by atoms with E-state index in [4.69, 9.17) is 4.52 Å². The highest BCUT2D eigenvalue weighted by Crippen LogP contribution is 2.25. The van der Waals surface area contributed by atoms with E-state index < -0.39 is 0 Å². The van der Waals surface area contributed by atoms with Crippen LogP contribution in [0.5, 0.6) is 0 Å². The molecule has 2 aromatic heterocycles. The summed E-state index contributed by atoms with van der Waals surface area (Å²) in [5.41, 5.74) is 0.904. The first kappa shape index (κ1) is 19.1. The van der Waals surface area contributed by atoms with E-state index in [9.17, 15) is 4.79 Å². The van der Waals surface area contributed by atoms with Crippen LogP contribution in [0.3, 0.4) is 0 Å². The molecule has 1 aromatic carbocycles. The van der Waals surface area contributed by atoms with Gasteiger partial charge in [-0.25, -0.2) is 0 Å². The Labute approximate surface area is 168 Å². The van der Waals surface area contributed by atoms with Gasteiger partial charge in [0.2, 0.25) is 17.6 Å². The van der Waals surface area contributed by atoms with Gasteiger partial charge in [0.15, 0.2) is 0 Å². The average molecular weight is 452 g/mol. The summed E-state index contributed by atoms with van der Waals surface area (Å²) in [5, 5.41) is 6.89. The molecule has 2 heterocycles. The van der Waals surface area contributed by atoms with Crippen molar-refractivity contribution < 1.29 is 9.32 Å². The van der Waals surface area contributed by atoms with Gasteiger partial charge in [0, 0.05) is 41.3 Å². The molecule has 0 radical (unpaired) electrons. The fourth-order valence-electron chi connectivity index (χ4n) is 2.23. The number of hydrogen-bond donors (Lipinski definition) is 1. The number of halogens is 1. The van der Waals surface area contributed by atoms with E-state index in [-0.39, 0.29) is 5.91 Å². The second-order valence-corrected chi connectivity index (χ2v) is 9.14. The second-order valence-electron chi connectivity index (χ2n) is 5.49. The lowest BCUT2D eigenvalue weighted by atomic mass is 10.2. The number of benzene rings is 1. The van der Waals surface area contributed by atoms with Crippen molar-refractivity contribution in [3.63, 3.8) is 0 Å². The minimum atomic E-state index is 0.00364. The molecule has 136 valence electrons. The summed E-state index contributed by atoms with van der Waals surface area (Å²) in [6, 6.07) is 13.8. The molecule has 1 amide bonds. The lowest BCUT2D eigenvalue weighted by molar-refractivity contribution is -0.121. The van der Waals surface area contributed by atoms with E-state index in [2.05, 4.69) is 43.5 Å². The zero-order valence-corrected chi connectivity index (χ0v) is 17.2. The van der Waals surface area contributed by atoms with Gasteiger partial charge in [-0.05, 0) is 28.1 Å². The number of aryl methyl sites for hydroxylation is 1. The monoisotopic (exact) mass is 451 g/mol. The van der Waals surface area contributed by atoms with Crippen molar-refractivity contribution in [2.24, 2.45) is 0 Å². The highest BCUT2D eigenvalue weighted by Gasteiger charge is 2.10. The Morgan fingerprint density at radius 2 is 2.08 bits per heavy atom. The van der Waals surface area contributed by atoms with Gasteiger partial charge in [0.25, 0.3) is 0 Å². The van der Waals surface area contributed by atoms with Crippen LogP contribution in [0.2, 0.25) is 0 Å². The van der Waals surface area contributed by atoms with Crippen LogP contribution in [0.25, 0.3) is 11.4 Å². The van der Waals surface area contributed by atoms with Crippen LogP contribution in [0.15, 0.2) is 50.8 Å². The predicted molar refractivity (Wildman–Crippen MR) is 109 cm³/mol. The van der Waals surface area contributed by atoms with Gasteiger partial charge >= 0.3 is 0 Å². The Hall–Kier alpha value is -1.64. The van der Waals surface area contributed by atoms with Crippen molar-refractivity contribution in [3.05, 3.63) is 57.0 Å². The van der Waals surface area contributed by atoms with Crippen LogP contribution in [0.1, 0.15) is 17.2 Å². The number of thiophene rings is 1. The van der Waals surface area contributed by atoms with Crippen molar-refractivity contribution in [1.82, 2.24) is 15.5 Å². The van der Waals surface area contributed by atoms with Crippen LogP contribution in [-0.4, -0.2) is 28.3 Å². The van der Waals surface area contributed by atoms with Crippen LogP contribution >= 0.6 is 39.0 Å². The molecule has 1 N–H and O–H groups in total. The number of hydrogen-bond acceptors (Lipinski definition) is 6. The quantitative estimate of drug-likeness (QED) is 0.483. The Balaban J connectivity index is 1.32. The first-order valence-electron chi connectivity index (χ1n) is 8.17. The largest absolute Gasteiger partial charge is 0.355 e. The average Bonchev–Trinajstić information content (AvgIpc) is 3.29. The molecule has 3 rings (SSSR count). The second kappa shape index (κ2) is 9.89. The molecule has 26 heavy (non-hydrogen) atoms. The van der Waals surface area contributed by atoms with Crippen LogP contribution in [0, 0.1) is 0 Å². The van der Waals surface area contributed by atoms with Gasteiger partial charge in [0.05, 0.1) is 3.79 Å². The van der Waals surface area contributed by atoms with Gasteiger partial charge in [-0.15, -0.1) is 11.3 Å². The standard InChI is InChI=1S/C18H18BrN3O2S2/c19-15-7-6-14(26-15)12-25-11-10-20-16(23)8-9-17-21-18(22-24-17)13-4-2-1-3-5-13/h1-7H,8-12H2,(H,20,23). The number of aromatic nitrogens is 2. The fourth-order valence-corrected chi connectivity index (χ4v) is 4.69. The summed E-state index contributed by atoms with van der Waals surface area (Å²) >= 11 is 7.01. The molecule has 0 unspecified atom stereocenters. The van der Waals surface area contributed by atoms with E-state index in [1.165, 1.54) is 4.88 Å². The van der Waals surface area contributed by atoms with E-state index in [1.807, 2.05) is 42.1 Å². The van der Waals surface area contributed by atoms with Crippen LogP contribution in [0.4, 0.5) is 0 Å². The molecule has 0 aliphatic carbocycles. The molecule has 0 aliphatic heterocycles. The summed E-state index contributed by atoms with van der Waals surface area (Å²) < 4.78 is 6.37. The normalized spacial score (nSPS) is 10.8. The third-order valence-corrected chi connectivity index (χ3v) is 6.32. The SMILES string of the molecule is O=C(CCc1nc(-c2ccccc2)no1)NCCSCc1ccc(Br)s1. The van der Waals surface area contributed by atoms with E-state index in [0.717, 1.165) is 20.9 Å². The van der Waals surface area contributed by atoms with Gasteiger partial charge in [-0.2, -0.15) is 16.7 Å². The smallest absolute Gasteiger partial charge is 0.227 e. The highest BCUT2D eigenvalue weighted by atomic mass is 79.9. The molecule has 0 spiro atoms. The molecule has 8 heteroatoms. The number of rotatable bonds is 9. The first-order valence-corrected chi connectivity index (χ1v) is 10.9. The predicted octanol–water partition coefficient (Wildman–Crippen LogP) is 4.54. The molecule has 0 aliphatic rings. The van der Waals surface area contributed by atoms with Crippen molar-refractivity contribution in [2.75, 3.05) is 12.3 Å².